The van der Waals surface area contributed by atoms with Crippen LogP contribution in [0.2, 0.25) is 0 Å². The topological polar surface area (TPSA) is 30.0 Å². The van der Waals surface area contributed by atoms with E-state index in [1.165, 1.54) is 31.7 Å². The van der Waals surface area contributed by atoms with Gasteiger partial charge in [-0.05, 0) is 38.8 Å². The van der Waals surface area contributed by atoms with Gasteiger partial charge >= 0.3 is 0 Å². The van der Waals surface area contributed by atoms with E-state index < -0.39 is 6.10 Å². The van der Waals surface area contributed by atoms with E-state index in [0.717, 1.165) is 44.3 Å². The van der Waals surface area contributed by atoms with Crippen LogP contribution in [0.1, 0.15) is 37.4 Å². The molecular formula is C20H30FN3O. The third-order valence-electron chi connectivity index (χ3n) is 6.69. The molecule has 1 aromatic rings. The molecule has 3 aliphatic heterocycles. The molecule has 3 unspecified atom stereocenters. The van der Waals surface area contributed by atoms with E-state index >= 15 is 0 Å². The highest BCUT2D eigenvalue weighted by Gasteiger charge is 2.40. The lowest BCUT2D eigenvalue weighted by Crippen LogP contribution is -2.55. The number of aliphatic hydroxyl groups is 1. The fourth-order valence-corrected chi connectivity index (χ4v) is 5.08. The molecule has 3 fully saturated rings. The van der Waals surface area contributed by atoms with Crippen LogP contribution < -0.4 is 0 Å². The SMILES string of the molecule is CN1C2CCC1CC(N1CCN(CC(O)c3ccccc3F)CC1)C2. The second kappa shape index (κ2) is 7.31. The number of benzene rings is 1. The van der Waals surface area contributed by atoms with Crippen LogP contribution in [0.5, 0.6) is 0 Å². The number of fused-ring (bicyclic) bond motifs is 2. The van der Waals surface area contributed by atoms with Gasteiger partial charge in [0.1, 0.15) is 5.82 Å². The lowest BCUT2D eigenvalue weighted by Gasteiger charge is -2.45. The molecule has 0 saturated carbocycles. The zero-order valence-corrected chi connectivity index (χ0v) is 15.1. The molecule has 0 aromatic heterocycles. The predicted molar refractivity (Wildman–Crippen MR) is 97.0 cm³/mol. The first-order chi connectivity index (χ1) is 12.1. The highest BCUT2D eigenvalue weighted by atomic mass is 19.1. The van der Waals surface area contributed by atoms with E-state index in [2.05, 4.69) is 21.7 Å². The fourth-order valence-electron chi connectivity index (χ4n) is 5.08. The second-order valence-electron chi connectivity index (χ2n) is 8.05. The minimum Gasteiger partial charge on any atom is -0.387 e. The van der Waals surface area contributed by atoms with Crippen molar-refractivity contribution < 1.29 is 9.50 Å². The van der Waals surface area contributed by atoms with Crippen molar-refractivity contribution in [1.29, 1.82) is 0 Å². The Labute approximate surface area is 150 Å². The first kappa shape index (κ1) is 17.4. The molecule has 4 rings (SSSR count). The number of hydrogen-bond acceptors (Lipinski definition) is 4. The highest BCUT2D eigenvalue weighted by Crippen LogP contribution is 2.36. The zero-order chi connectivity index (χ0) is 17.4. The van der Waals surface area contributed by atoms with Crippen LogP contribution in [-0.2, 0) is 0 Å². The molecule has 0 aliphatic carbocycles. The number of hydrogen-bond donors (Lipinski definition) is 1. The van der Waals surface area contributed by atoms with Gasteiger partial charge in [0.2, 0.25) is 0 Å². The molecule has 0 spiro atoms. The van der Waals surface area contributed by atoms with Gasteiger partial charge in [0, 0.05) is 56.4 Å². The number of rotatable bonds is 4. The molecule has 3 saturated heterocycles. The summed E-state index contributed by atoms with van der Waals surface area (Å²) in [6.45, 7) is 4.59. The van der Waals surface area contributed by atoms with Gasteiger partial charge < -0.3 is 10.0 Å². The normalized spacial score (nSPS) is 32.8. The Morgan fingerprint density at radius 2 is 1.68 bits per heavy atom. The average Bonchev–Trinajstić information content (AvgIpc) is 2.83. The van der Waals surface area contributed by atoms with Crippen LogP contribution in [0.15, 0.2) is 24.3 Å². The van der Waals surface area contributed by atoms with Gasteiger partial charge in [0.15, 0.2) is 0 Å². The number of piperazine rings is 1. The molecule has 1 aromatic carbocycles. The van der Waals surface area contributed by atoms with Crippen molar-refractivity contribution in [3.8, 4) is 0 Å². The van der Waals surface area contributed by atoms with Gasteiger partial charge in [0.05, 0.1) is 6.10 Å². The molecule has 3 atom stereocenters. The van der Waals surface area contributed by atoms with Crippen LogP contribution in [0.4, 0.5) is 4.39 Å². The molecule has 25 heavy (non-hydrogen) atoms. The van der Waals surface area contributed by atoms with E-state index in [1.807, 2.05) is 0 Å². The van der Waals surface area contributed by atoms with Crippen LogP contribution in [0, 0.1) is 5.82 Å². The Kier molecular flexibility index (Phi) is 5.09. The summed E-state index contributed by atoms with van der Waals surface area (Å²) in [7, 11) is 2.29. The summed E-state index contributed by atoms with van der Waals surface area (Å²) in [6, 6.07) is 8.85. The van der Waals surface area contributed by atoms with Gasteiger partial charge in [-0.15, -0.1) is 0 Å². The van der Waals surface area contributed by atoms with Crippen LogP contribution >= 0.6 is 0 Å². The minimum absolute atomic E-state index is 0.310. The average molecular weight is 347 g/mol. The first-order valence-corrected chi connectivity index (χ1v) is 9.72. The van der Waals surface area contributed by atoms with Crippen LogP contribution in [-0.4, -0.2) is 77.7 Å². The Morgan fingerprint density at radius 1 is 1.04 bits per heavy atom. The van der Waals surface area contributed by atoms with E-state index in [-0.39, 0.29) is 5.82 Å². The minimum atomic E-state index is -0.744. The van der Waals surface area contributed by atoms with E-state index in [9.17, 15) is 9.50 Å². The smallest absolute Gasteiger partial charge is 0.129 e. The number of β-amino-alcohol motifs (C(OH)–C–C–N with tert-alkyl or cyclic N) is 1. The molecule has 5 heteroatoms. The molecule has 138 valence electrons. The van der Waals surface area contributed by atoms with Crippen molar-refractivity contribution in [3.05, 3.63) is 35.6 Å². The van der Waals surface area contributed by atoms with Gasteiger partial charge in [-0.3, -0.25) is 9.80 Å². The summed E-state index contributed by atoms with van der Waals surface area (Å²) < 4.78 is 13.8. The predicted octanol–water partition coefficient (Wildman–Crippen LogP) is 2.10. The lowest BCUT2D eigenvalue weighted by atomic mass is 9.96. The molecule has 3 heterocycles. The van der Waals surface area contributed by atoms with Crippen molar-refractivity contribution in [1.82, 2.24) is 14.7 Å². The van der Waals surface area contributed by atoms with Crippen molar-refractivity contribution in [2.45, 2.75) is 49.9 Å². The van der Waals surface area contributed by atoms with Crippen molar-refractivity contribution >= 4 is 0 Å². The second-order valence-corrected chi connectivity index (χ2v) is 8.05. The van der Waals surface area contributed by atoms with Gasteiger partial charge in [-0.1, -0.05) is 18.2 Å². The largest absolute Gasteiger partial charge is 0.387 e. The lowest BCUT2D eigenvalue weighted by molar-refractivity contribution is 0.0243. The quantitative estimate of drug-likeness (QED) is 0.903. The summed E-state index contributed by atoms with van der Waals surface area (Å²) in [6.07, 6.45) is 4.61. The van der Waals surface area contributed by atoms with E-state index in [1.54, 1.807) is 18.2 Å². The Hall–Kier alpha value is -1.01. The zero-order valence-electron chi connectivity index (χ0n) is 15.1. The molecule has 0 amide bonds. The maximum Gasteiger partial charge on any atom is 0.129 e. The van der Waals surface area contributed by atoms with E-state index in [0.29, 0.717) is 12.1 Å². The molecule has 1 N–H and O–H groups in total. The van der Waals surface area contributed by atoms with Crippen molar-refractivity contribution in [3.63, 3.8) is 0 Å². The maximum absolute atomic E-state index is 13.8. The fraction of sp³-hybridized carbons (Fsp3) is 0.700. The van der Waals surface area contributed by atoms with Crippen molar-refractivity contribution in [2.24, 2.45) is 0 Å². The molecule has 3 aliphatic rings. The summed E-state index contributed by atoms with van der Waals surface area (Å²) in [4.78, 5) is 7.53. The first-order valence-electron chi connectivity index (χ1n) is 9.72. The Bertz CT molecular complexity index is 576. The molecular weight excluding hydrogens is 317 g/mol. The molecule has 0 radical (unpaired) electrons. The van der Waals surface area contributed by atoms with Crippen molar-refractivity contribution in [2.75, 3.05) is 39.8 Å². The van der Waals surface area contributed by atoms with Gasteiger partial charge in [-0.2, -0.15) is 0 Å². The van der Waals surface area contributed by atoms with Gasteiger partial charge in [-0.25, -0.2) is 4.39 Å². The number of halogens is 1. The van der Waals surface area contributed by atoms with E-state index in [4.69, 9.17) is 0 Å². The van der Waals surface area contributed by atoms with Gasteiger partial charge in [0.25, 0.3) is 0 Å². The number of aliphatic hydroxyl groups excluding tert-OH is 1. The third-order valence-corrected chi connectivity index (χ3v) is 6.69. The Balaban J connectivity index is 1.28. The number of piperidine rings is 1. The molecule has 2 bridgehead atoms. The highest BCUT2D eigenvalue weighted by molar-refractivity contribution is 5.20. The summed E-state index contributed by atoms with van der Waals surface area (Å²) in [5.41, 5.74) is 0.414. The van der Waals surface area contributed by atoms with Crippen LogP contribution in [0.25, 0.3) is 0 Å². The summed E-state index contributed by atoms with van der Waals surface area (Å²) in [5.74, 6) is -0.310. The third kappa shape index (κ3) is 3.61. The maximum atomic E-state index is 13.8. The standard InChI is InChI=1S/C20H30FN3O/c1-22-15-6-7-16(22)13-17(12-15)24-10-8-23(9-11-24)14-20(25)18-4-2-3-5-19(18)21/h2-5,15-17,20,25H,6-14H2,1H3. The Morgan fingerprint density at radius 3 is 2.32 bits per heavy atom. The van der Waals surface area contributed by atoms with Crippen LogP contribution in [0.3, 0.4) is 0 Å². The number of nitrogens with zero attached hydrogens (tertiary/aromatic N) is 3. The summed E-state index contributed by atoms with van der Waals surface area (Å²) in [5, 5.41) is 10.4. The monoisotopic (exact) mass is 347 g/mol. The summed E-state index contributed by atoms with van der Waals surface area (Å²) >= 11 is 0. The molecule has 4 nitrogen and oxygen atoms in total.